The quantitative estimate of drug-likeness (QED) is 0.411. The van der Waals surface area contributed by atoms with E-state index in [0.717, 1.165) is 79.9 Å². The third-order valence-electron chi connectivity index (χ3n) is 7.04. The van der Waals surface area contributed by atoms with Crippen LogP contribution in [0.25, 0.3) is 16.8 Å². The molecule has 2 aromatic heterocycles. The number of aryl methyl sites for hydroxylation is 2. The molecule has 0 aliphatic carbocycles. The molecule has 0 amide bonds. The first-order chi connectivity index (χ1) is 16.6. The van der Waals surface area contributed by atoms with Gasteiger partial charge in [0.1, 0.15) is 10.8 Å². The summed E-state index contributed by atoms with van der Waals surface area (Å²) in [4.78, 5) is 2.57. The predicted octanol–water partition coefficient (Wildman–Crippen LogP) is 5.23. The number of pyridine rings is 1. The maximum Gasteiger partial charge on any atom is 0.142 e. The van der Waals surface area contributed by atoms with Crippen molar-refractivity contribution in [1.29, 1.82) is 0 Å². The van der Waals surface area contributed by atoms with E-state index in [4.69, 9.17) is 19.3 Å². The van der Waals surface area contributed by atoms with E-state index in [2.05, 4.69) is 59.9 Å². The van der Waals surface area contributed by atoms with Gasteiger partial charge >= 0.3 is 0 Å². The second kappa shape index (κ2) is 10.2. The number of thioether (sulfide) groups is 1. The molecule has 2 aliphatic rings. The molecule has 0 radical (unpaired) electrons. The lowest BCUT2D eigenvalue weighted by Crippen LogP contribution is -2.35. The minimum atomic E-state index is 0.551. The molecule has 3 aromatic rings. The minimum Gasteiger partial charge on any atom is -0.496 e. The Balaban J connectivity index is 1.63. The lowest BCUT2D eigenvalue weighted by Gasteiger charge is -2.29. The van der Waals surface area contributed by atoms with Crippen LogP contribution in [0.15, 0.2) is 35.4 Å². The fraction of sp³-hybridized carbons (Fsp3) is 0.519. The van der Waals surface area contributed by atoms with Crippen LogP contribution in [0.2, 0.25) is 0 Å². The molecule has 0 N–H and O–H groups in total. The highest BCUT2D eigenvalue weighted by Gasteiger charge is 2.28. The highest BCUT2D eigenvalue weighted by atomic mass is 32.2. The molecule has 7 heteroatoms. The zero-order valence-electron chi connectivity index (χ0n) is 20.7. The fourth-order valence-electron chi connectivity index (χ4n) is 5.41. The van der Waals surface area contributed by atoms with Gasteiger partial charge in [-0.1, -0.05) is 12.1 Å². The van der Waals surface area contributed by atoms with Crippen molar-refractivity contribution < 1.29 is 14.2 Å². The molecule has 2 unspecified atom stereocenters. The molecule has 182 valence electrons. The van der Waals surface area contributed by atoms with Crippen molar-refractivity contribution in [3.05, 3.63) is 41.5 Å². The predicted molar refractivity (Wildman–Crippen MR) is 138 cm³/mol. The highest BCUT2D eigenvalue weighted by molar-refractivity contribution is 7.98. The van der Waals surface area contributed by atoms with E-state index >= 15 is 0 Å². The zero-order valence-corrected chi connectivity index (χ0v) is 21.5. The van der Waals surface area contributed by atoms with E-state index in [0.29, 0.717) is 11.8 Å². The Morgan fingerprint density at radius 1 is 1.09 bits per heavy atom. The molecule has 5 rings (SSSR count). The first-order valence-electron chi connectivity index (χ1n) is 12.2. The third-order valence-corrected chi connectivity index (χ3v) is 7.70. The number of ether oxygens (including phenoxy) is 3. The zero-order chi connectivity index (χ0) is 23.7. The van der Waals surface area contributed by atoms with Crippen LogP contribution in [-0.4, -0.2) is 62.5 Å². The fourth-order valence-corrected chi connectivity index (χ4v) is 6.00. The van der Waals surface area contributed by atoms with Crippen LogP contribution in [-0.2, 0) is 9.47 Å². The largest absolute Gasteiger partial charge is 0.496 e. The van der Waals surface area contributed by atoms with Crippen LogP contribution >= 0.6 is 11.8 Å². The average Bonchev–Trinajstić information content (AvgIpc) is 3.59. The maximum atomic E-state index is 5.81. The Morgan fingerprint density at radius 3 is 2.38 bits per heavy atom. The van der Waals surface area contributed by atoms with E-state index in [9.17, 15) is 0 Å². The summed E-state index contributed by atoms with van der Waals surface area (Å²) < 4.78 is 19.4. The van der Waals surface area contributed by atoms with Crippen LogP contribution in [0.5, 0.6) is 5.75 Å². The second-order valence-electron chi connectivity index (χ2n) is 9.59. The van der Waals surface area contributed by atoms with Crippen molar-refractivity contribution in [2.45, 2.75) is 31.7 Å². The Labute approximate surface area is 206 Å². The van der Waals surface area contributed by atoms with E-state index in [-0.39, 0.29) is 0 Å². The number of fused-ring (bicyclic) bond motifs is 1. The Hall–Kier alpha value is -2.22. The van der Waals surface area contributed by atoms with E-state index in [1.54, 1.807) is 18.9 Å². The lowest BCUT2D eigenvalue weighted by molar-refractivity contribution is 0.183. The topological polar surface area (TPSA) is 48.2 Å². The van der Waals surface area contributed by atoms with Crippen molar-refractivity contribution in [2.24, 2.45) is 11.8 Å². The average molecular weight is 482 g/mol. The molecular weight excluding hydrogens is 446 g/mol. The summed E-state index contributed by atoms with van der Waals surface area (Å²) in [6.07, 6.45) is 4.37. The van der Waals surface area contributed by atoms with Crippen molar-refractivity contribution >= 4 is 23.0 Å². The molecule has 2 fully saturated rings. The van der Waals surface area contributed by atoms with Gasteiger partial charge in [0, 0.05) is 43.7 Å². The summed E-state index contributed by atoms with van der Waals surface area (Å²) in [5, 5.41) is 6.20. The molecule has 4 heterocycles. The van der Waals surface area contributed by atoms with Gasteiger partial charge in [-0.25, -0.2) is 4.52 Å². The third kappa shape index (κ3) is 4.53. The van der Waals surface area contributed by atoms with Gasteiger partial charge in [-0.15, -0.1) is 11.8 Å². The molecule has 0 bridgehead atoms. The highest BCUT2D eigenvalue weighted by Crippen LogP contribution is 2.40. The standard InChI is InChI=1S/C27H35N3O3S/c1-18-12-19(2)25(24(13-18)31-3)22-6-5-7-23-26(27(34-4)28-30(22)23)29(14-20-8-10-32-16-20)15-21-9-11-33-17-21/h5-7,12-13,20-21H,8-11,14-17H2,1-4H3. The van der Waals surface area contributed by atoms with Crippen LogP contribution in [0.4, 0.5) is 5.69 Å². The van der Waals surface area contributed by atoms with Gasteiger partial charge < -0.3 is 19.1 Å². The summed E-state index contributed by atoms with van der Waals surface area (Å²) >= 11 is 1.72. The normalized spacial score (nSPS) is 20.4. The van der Waals surface area contributed by atoms with Gasteiger partial charge in [0.05, 0.1) is 37.2 Å². The van der Waals surface area contributed by atoms with Gasteiger partial charge in [0.15, 0.2) is 0 Å². The van der Waals surface area contributed by atoms with Gasteiger partial charge in [-0.3, -0.25) is 0 Å². The molecule has 0 saturated carbocycles. The van der Waals surface area contributed by atoms with Crippen LogP contribution in [0.3, 0.4) is 0 Å². The molecule has 34 heavy (non-hydrogen) atoms. The number of hydrogen-bond donors (Lipinski definition) is 0. The summed E-state index contributed by atoms with van der Waals surface area (Å²) in [5.41, 5.74) is 6.91. The van der Waals surface area contributed by atoms with E-state index in [1.807, 2.05) is 0 Å². The monoisotopic (exact) mass is 481 g/mol. The number of aromatic nitrogens is 2. The van der Waals surface area contributed by atoms with Crippen molar-refractivity contribution in [3.63, 3.8) is 0 Å². The first kappa shape index (κ1) is 23.5. The number of benzene rings is 1. The molecule has 2 atom stereocenters. The number of hydrogen-bond acceptors (Lipinski definition) is 6. The van der Waals surface area contributed by atoms with Gasteiger partial charge in [-0.05, 0) is 62.3 Å². The van der Waals surface area contributed by atoms with Crippen LogP contribution < -0.4 is 9.64 Å². The molecule has 0 spiro atoms. The van der Waals surface area contributed by atoms with Crippen LogP contribution in [0, 0.1) is 25.7 Å². The molecule has 1 aromatic carbocycles. The summed E-state index contributed by atoms with van der Waals surface area (Å²) in [6.45, 7) is 9.65. The summed E-state index contributed by atoms with van der Waals surface area (Å²) in [5.74, 6) is 1.99. The lowest BCUT2D eigenvalue weighted by atomic mass is 10.0. The Morgan fingerprint density at radius 2 is 1.79 bits per heavy atom. The van der Waals surface area contributed by atoms with Crippen molar-refractivity contribution in [1.82, 2.24) is 9.61 Å². The van der Waals surface area contributed by atoms with E-state index in [1.165, 1.54) is 16.8 Å². The van der Waals surface area contributed by atoms with Crippen LogP contribution in [0.1, 0.15) is 24.0 Å². The Kier molecular flexibility index (Phi) is 7.04. The van der Waals surface area contributed by atoms with Gasteiger partial charge in [-0.2, -0.15) is 5.10 Å². The minimum absolute atomic E-state index is 0.551. The number of nitrogens with zero attached hydrogens (tertiary/aromatic N) is 3. The SMILES string of the molecule is COc1cc(C)cc(C)c1-c1cccc2c(N(CC3CCOC3)CC3CCOC3)c(SC)nn12. The molecular formula is C27H35N3O3S. The van der Waals surface area contributed by atoms with Gasteiger partial charge in [0.25, 0.3) is 0 Å². The molecule has 2 aliphatic heterocycles. The summed E-state index contributed by atoms with van der Waals surface area (Å²) in [6, 6.07) is 10.8. The molecule has 2 saturated heterocycles. The van der Waals surface area contributed by atoms with Crippen molar-refractivity contribution in [3.8, 4) is 17.0 Å². The maximum absolute atomic E-state index is 5.81. The second-order valence-corrected chi connectivity index (χ2v) is 10.4. The van der Waals surface area contributed by atoms with E-state index < -0.39 is 0 Å². The van der Waals surface area contributed by atoms with Gasteiger partial charge in [0.2, 0.25) is 0 Å². The molecule has 6 nitrogen and oxygen atoms in total. The summed E-state index contributed by atoms with van der Waals surface area (Å²) in [7, 11) is 1.74. The number of methoxy groups -OCH3 is 1. The first-order valence-corrected chi connectivity index (χ1v) is 13.4. The Bertz CT molecular complexity index is 1130. The van der Waals surface area contributed by atoms with Crippen molar-refractivity contribution in [2.75, 3.05) is 57.8 Å². The number of rotatable bonds is 8. The smallest absolute Gasteiger partial charge is 0.142 e. The number of anilines is 1.